The Bertz CT molecular complexity index is 386. The van der Waals surface area contributed by atoms with Crippen LogP contribution in [-0.2, 0) is 0 Å². The Labute approximate surface area is 88.5 Å². The van der Waals surface area contributed by atoms with Gasteiger partial charge in [0.05, 0.1) is 4.92 Å². The van der Waals surface area contributed by atoms with E-state index < -0.39 is 0 Å². The highest BCUT2D eigenvalue weighted by molar-refractivity contribution is 5.63. The molecule has 1 saturated carbocycles. The molecule has 1 aromatic carbocycles. The molecule has 1 N–H and O–H groups in total. The molecule has 0 amide bonds. The van der Waals surface area contributed by atoms with E-state index in [0.29, 0.717) is 11.7 Å². The standard InChI is InChI=1S/C11H14N2O2/c1-8-5-6-10(11(7-8)13(14)15)12-9-3-2-4-9/h5-7,9,12H,2-4H2,1H3. The molecule has 0 atom stereocenters. The minimum atomic E-state index is -0.325. The van der Waals surface area contributed by atoms with Gasteiger partial charge in [-0.15, -0.1) is 0 Å². The average Bonchev–Trinajstić information content (AvgIpc) is 2.12. The predicted molar refractivity (Wildman–Crippen MR) is 59.1 cm³/mol. The number of nitro benzene ring substituents is 1. The summed E-state index contributed by atoms with van der Waals surface area (Å²) in [6.07, 6.45) is 3.45. The van der Waals surface area contributed by atoms with E-state index in [1.807, 2.05) is 13.0 Å². The molecule has 0 aromatic heterocycles. The number of nitrogens with zero attached hydrogens (tertiary/aromatic N) is 1. The molecule has 1 fully saturated rings. The summed E-state index contributed by atoms with van der Waals surface area (Å²) in [5, 5.41) is 14.0. The maximum atomic E-state index is 10.8. The number of nitro groups is 1. The van der Waals surface area contributed by atoms with E-state index in [2.05, 4.69) is 5.32 Å². The zero-order chi connectivity index (χ0) is 10.8. The minimum absolute atomic E-state index is 0.182. The van der Waals surface area contributed by atoms with Crippen LogP contribution in [0.15, 0.2) is 18.2 Å². The van der Waals surface area contributed by atoms with Crippen LogP contribution in [0.3, 0.4) is 0 Å². The van der Waals surface area contributed by atoms with Crippen molar-refractivity contribution < 1.29 is 4.92 Å². The van der Waals surface area contributed by atoms with Gasteiger partial charge in [0.15, 0.2) is 0 Å². The number of hydrogen-bond acceptors (Lipinski definition) is 3. The van der Waals surface area contributed by atoms with E-state index in [0.717, 1.165) is 18.4 Å². The second kappa shape index (κ2) is 3.88. The molecule has 0 radical (unpaired) electrons. The van der Waals surface area contributed by atoms with Gasteiger partial charge in [-0.2, -0.15) is 0 Å². The summed E-state index contributed by atoms with van der Waals surface area (Å²) in [6, 6.07) is 5.73. The SMILES string of the molecule is Cc1ccc(NC2CCC2)c([N+](=O)[O-])c1. The van der Waals surface area contributed by atoms with Gasteiger partial charge in [0.2, 0.25) is 0 Å². The summed E-state index contributed by atoms with van der Waals surface area (Å²) >= 11 is 0. The van der Waals surface area contributed by atoms with Crippen molar-refractivity contribution >= 4 is 11.4 Å². The van der Waals surface area contributed by atoms with Gasteiger partial charge in [-0.3, -0.25) is 10.1 Å². The van der Waals surface area contributed by atoms with Crippen molar-refractivity contribution in [2.24, 2.45) is 0 Å². The lowest BCUT2D eigenvalue weighted by Gasteiger charge is -2.27. The van der Waals surface area contributed by atoms with Crippen LogP contribution in [0.2, 0.25) is 0 Å². The Morgan fingerprint density at radius 1 is 1.47 bits per heavy atom. The van der Waals surface area contributed by atoms with Crippen molar-refractivity contribution in [3.05, 3.63) is 33.9 Å². The van der Waals surface area contributed by atoms with Gasteiger partial charge in [0.25, 0.3) is 5.69 Å². The molecule has 1 aliphatic rings. The quantitative estimate of drug-likeness (QED) is 0.611. The number of aryl methyl sites for hydroxylation is 1. The maximum absolute atomic E-state index is 10.8. The fourth-order valence-electron chi connectivity index (χ4n) is 1.69. The minimum Gasteiger partial charge on any atom is -0.377 e. The van der Waals surface area contributed by atoms with Gasteiger partial charge in [-0.1, -0.05) is 6.07 Å². The molecule has 1 aliphatic carbocycles. The van der Waals surface area contributed by atoms with Crippen LogP contribution in [0.1, 0.15) is 24.8 Å². The summed E-state index contributed by atoms with van der Waals surface area (Å²) in [4.78, 5) is 10.5. The van der Waals surface area contributed by atoms with E-state index in [9.17, 15) is 10.1 Å². The fourth-order valence-corrected chi connectivity index (χ4v) is 1.69. The largest absolute Gasteiger partial charge is 0.377 e. The van der Waals surface area contributed by atoms with Crippen molar-refractivity contribution in [2.75, 3.05) is 5.32 Å². The van der Waals surface area contributed by atoms with Crippen LogP contribution in [0.5, 0.6) is 0 Å². The molecule has 4 heteroatoms. The van der Waals surface area contributed by atoms with Crippen molar-refractivity contribution in [1.82, 2.24) is 0 Å². The van der Waals surface area contributed by atoms with Crippen molar-refractivity contribution in [1.29, 1.82) is 0 Å². The normalized spacial score (nSPS) is 15.8. The first-order chi connectivity index (χ1) is 7.16. The molecular weight excluding hydrogens is 192 g/mol. The topological polar surface area (TPSA) is 55.2 Å². The summed E-state index contributed by atoms with van der Waals surface area (Å²) in [5.41, 5.74) is 1.75. The number of nitrogens with one attached hydrogen (secondary N) is 1. The maximum Gasteiger partial charge on any atom is 0.292 e. The van der Waals surface area contributed by atoms with Gasteiger partial charge >= 0.3 is 0 Å². The van der Waals surface area contributed by atoms with E-state index in [1.54, 1.807) is 12.1 Å². The summed E-state index contributed by atoms with van der Waals surface area (Å²) in [6.45, 7) is 1.86. The van der Waals surface area contributed by atoms with Gasteiger partial charge in [-0.05, 0) is 37.8 Å². The Balaban J connectivity index is 2.23. The Kier molecular flexibility index (Phi) is 2.58. The zero-order valence-corrected chi connectivity index (χ0v) is 8.69. The van der Waals surface area contributed by atoms with Gasteiger partial charge in [0, 0.05) is 12.1 Å². The first-order valence-corrected chi connectivity index (χ1v) is 5.18. The Morgan fingerprint density at radius 2 is 2.20 bits per heavy atom. The summed E-state index contributed by atoms with van der Waals surface area (Å²) in [5.74, 6) is 0. The molecule has 0 aliphatic heterocycles. The first kappa shape index (κ1) is 9.96. The predicted octanol–water partition coefficient (Wildman–Crippen LogP) is 2.87. The van der Waals surface area contributed by atoms with Crippen LogP contribution in [-0.4, -0.2) is 11.0 Å². The molecule has 0 saturated heterocycles. The van der Waals surface area contributed by atoms with Crippen LogP contribution >= 0.6 is 0 Å². The molecule has 0 bridgehead atoms. The van der Waals surface area contributed by atoms with Crippen LogP contribution in [0.25, 0.3) is 0 Å². The second-order valence-corrected chi connectivity index (χ2v) is 4.05. The number of hydrogen-bond donors (Lipinski definition) is 1. The van der Waals surface area contributed by atoms with Crippen LogP contribution in [0.4, 0.5) is 11.4 Å². The van der Waals surface area contributed by atoms with Gasteiger partial charge in [-0.25, -0.2) is 0 Å². The molecule has 4 nitrogen and oxygen atoms in total. The third kappa shape index (κ3) is 2.09. The molecule has 2 rings (SSSR count). The van der Waals surface area contributed by atoms with E-state index >= 15 is 0 Å². The van der Waals surface area contributed by atoms with Gasteiger partial charge in [0.1, 0.15) is 5.69 Å². The highest BCUT2D eigenvalue weighted by Crippen LogP contribution is 2.30. The molecule has 0 heterocycles. The number of benzene rings is 1. The highest BCUT2D eigenvalue weighted by Gasteiger charge is 2.21. The first-order valence-electron chi connectivity index (χ1n) is 5.18. The zero-order valence-electron chi connectivity index (χ0n) is 8.69. The average molecular weight is 206 g/mol. The van der Waals surface area contributed by atoms with Gasteiger partial charge < -0.3 is 5.32 Å². The summed E-state index contributed by atoms with van der Waals surface area (Å²) in [7, 11) is 0. The number of rotatable bonds is 3. The monoisotopic (exact) mass is 206 g/mol. The van der Waals surface area contributed by atoms with Crippen LogP contribution < -0.4 is 5.32 Å². The third-order valence-corrected chi connectivity index (χ3v) is 2.81. The third-order valence-electron chi connectivity index (χ3n) is 2.81. The second-order valence-electron chi connectivity index (χ2n) is 4.05. The summed E-state index contributed by atoms with van der Waals surface area (Å²) < 4.78 is 0. The lowest BCUT2D eigenvalue weighted by atomic mass is 9.93. The smallest absolute Gasteiger partial charge is 0.292 e. The molecule has 1 aromatic rings. The fraction of sp³-hybridized carbons (Fsp3) is 0.455. The Morgan fingerprint density at radius 3 is 2.73 bits per heavy atom. The Hall–Kier alpha value is -1.58. The molecule has 0 spiro atoms. The molecule has 80 valence electrons. The molecular formula is C11H14N2O2. The van der Waals surface area contributed by atoms with Crippen LogP contribution in [0, 0.1) is 17.0 Å². The van der Waals surface area contributed by atoms with Crippen molar-refractivity contribution in [3.63, 3.8) is 0 Å². The highest BCUT2D eigenvalue weighted by atomic mass is 16.6. The molecule has 15 heavy (non-hydrogen) atoms. The van der Waals surface area contributed by atoms with Crippen molar-refractivity contribution in [2.45, 2.75) is 32.2 Å². The lowest BCUT2D eigenvalue weighted by Crippen LogP contribution is -2.27. The van der Waals surface area contributed by atoms with E-state index in [-0.39, 0.29) is 10.6 Å². The number of anilines is 1. The van der Waals surface area contributed by atoms with E-state index in [1.165, 1.54) is 6.42 Å². The molecule has 0 unspecified atom stereocenters. The van der Waals surface area contributed by atoms with E-state index in [4.69, 9.17) is 0 Å². The van der Waals surface area contributed by atoms with Crippen molar-refractivity contribution in [3.8, 4) is 0 Å². The lowest BCUT2D eigenvalue weighted by molar-refractivity contribution is -0.384.